The van der Waals surface area contributed by atoms with Crippen LogP contribution >= 0.6 is 0 Å². The average molecular weight is 164 g/mol. The van der Waals surface area contributed by atoms with Crippen molar-refractivity contribution in [2.75, 3.05) is 6.67 Å². The standard InChI is InChI=1S/C5H9FN2O3/c6-2-1-3(4(7)9)8-5(10)11/h3,8H,1-2H2,(H2,7,9)(H,10,11)/t3-/m0/s1. The van der Waals surface area contributed by atoms with Gasteiger partial charge in [0.25, 0.3) is 0 Å². The van der Waals surface area contributed by atoms with Gasteiger partial charge in [0, 0.05) is 6.42 Å². The molecule has 64 valence electrons. The minimum absolute atomic E-state index is 0.221. The van der Waals surface area contributed by atoms with Crippen LogP contribution in [0.4, 0.5) is 9.18 Å². The molecule has 1 atom stereocenters. The van der Waals surface area contributed by atoms with Gasteiger partial charge in [-0.3, -0.25) is 9.18 Å². The van der Waals surface area contributed by atoms with Crippen molar-refractivity contribution < 1.29 is 19.1 Å². The van der Waals surface area contributed by atoms with Gasteiger partial charge in [0.2, 0.25) is 5.91 Å². The van der Waals surface area contributed by atoms with E-state index in [2.05, 4.69) is 0 Å². The van der Waals surface area contributed by atoms with Crippen molar-refractivity contribution in [3.63, 3.8) is 0 Å². The van der Waals surface area contributed by atoms with Crippen LogP contribution in [-0.2, 0) is 4.79 Å². The molecule has 0 bridgehead atoms. The molecule has 0 aromatic heterocycles. The van der Waals surface area contributed by atoms with Gasteiger partial charge in [-0.25, -0.2) is 4.79 Å². The first-order valence-corrected chi connectivity index (χ1v) is 2.92. The molecule has 0 saturated heterocycles. The summed E-state index contributed by atoms with van der Waals surface area (Å²) in [6.07, 6.45) is -1.61. The third kappa shape index (κ3) is 4.12. The minimum atomic E-state index is -1.39. The molecular weight excluding hydrogens is 155 g/mol. The molecule has 0 aromatic carbocycles. The van der Waals surface area contributed by atoms with Gasteiger partial charge in [-0.2, -0.15) is 0 Å². The molecule has 0 heterocycles. The van der Waals surface area contributed by atoms with Crippen LogP contribution in [0.2, 0.25) is 0 Å². The van der Waals surface area contributed by atoms with E-state index < -0.39 is 24.7 Å². The van der Waals surface area contributed by atoms with Gasteiger partial charge < -0.3 is 16.2 Å². The second kappa shape index (κ2) is 4.48. The van der Waals surface area contributed by atoms with E-state index in [-0.39, 0.29) is 6.42 Å². The van der Waals surface area contributed by atoms with Gasteiger partial charge in [-0.1, -0.05) is 0 Å². The highest BCUT2D eigenvalue weighted by atomic mass is 19.1. The van der Waals surface area contributed by atoms with Crippen LogP contribution in [0.15, 0.2) is 0 Å². The minimum Gasteiger partial charge on any atom is -0.465 e. The van der Waals surface area contributed by atoms with E-state index in [1.54, 1.807) is 5.32 Å². The predicted molar refractivity (Wildman–Crippen MR) is 34.7 cm³/mol. The van der Waals surface area contributed by atoms with Crippen molar-refractivity contribution in [2.24, 2.45) is 5.73 Å². The van der Waals surface area contributed by atoms with Gasteiger partial charge >= 0.3 is 6.09 Å². The Bertz CT molecular complexity index is 162. The first-order chi connectivity index (χ1) is 5.07. The van der Waals surface area contributed by atoms with Crippen LogP contribution in [0.5, 0.6) is 0 Å². The zero-order chi connectivity index (χ0) is 8.85. The van der Waals surface area contributed by atoms with Crippen LogP contribution in [0, 0.1) is 0 Å². The Morgan fingerprint density at radius 3 is 2.45 bits per heavy atom. The molecule has 0 fully saturated rings. The van der Waals surface area contributed by atoms with Crippen LogP contribution in [0.1, 0.15) is 6.42 Å². The Kier molecular flexibility index (Phi) is 3.94. The summed E-state index contributed by atoms with van der Waals surface area (Å²) in [5, 5.41) is 9.90. The van der Waals surface area contributed by atoms with E-state index in [9.17, 15) is 14.0 Å². The number of carbonyl (C=O) groups excluding carboxylic acids is 1. The summed E-state index contributed by atoms with van der Waals surface area (Å²) in [5.74, 6) is -0.870. The molecule has 0 radical (unpaired) electrons. The molecule has 0 aliphatic carbocycles. The van der Waals surface area contributed by atoms with Gasteiger partial charge in [-0.05, 0) is 0 Å². The fourth-order valence-corrected chi connectivity index (χ4v) is 0.544. The number of primary amides is 1. The first kappa shape index (κ1) is 9.67. The number of nitrogens with one attached hydrogen (secondary N) is 1. The lowest BCUT2D eigenvalue weighted by molar-refractivity contribution is -0.120. The Morgan fingerprint density at radius 1 is 1.64 bits per heavy atom. The van der Waals surface area contributed by atoms with Crippen LogP contribution in [0.25, 0.3) is 0 Å². The summed E-state index contributed by atoms with van der Waals surface area (Å²) in [6, 6.07) is -1.13. The van der Waals surface area contributed by atoms with E-state index in [1.165, 1.54) is 0 Å². The monoisotopic (exact) mass is 164 g/mol. The number of hydrogen-bond acceptors (Lipinski definition) is 2. The first-order valence-electron chi connectivity index (χ1n) is 2.92. The molecule has 6 heteroatoms. The number of alkyl halides is 1. The zero-order valence-corrected chi connectivity index (χ0v) is 5.71. The number of nitrogens with two attached hydrogens (primary N) is 1. The number of carbonyl (C=O) groups is 2. The SMILES string of the molecule is NC(=O)[C@H](CCF)NC(=O)O. The molecular formula is C5H9FN2O3. The molecule has 0 aliphatic rings. The lowest BCUT2D eigenvalue weighted by atomic mass is 10.2. The molecule has 11 heavy (non-hydrogen) atoms. The molecule has 0 spiro atoms. The Labute approximate surface area is 62.4 Å². The Hall–Kier alpha value is -1.33. The van der Waals surface area contributed by atoms with Crippen LogP contribution in [-0.4, -0.2) is 29.8 Å². The van der Waals surface area contributed by atoms with Crippen molar-refractivity contribution in [2.45, 2.75) is 12.5 Å². The summed E-state index contributed by atoms with van der Waals surface area (Å²) in [4.78, 5) is 20.3. The van der Waals surface area contributed by atoms with Crippen LogP contribution < -0.4 is 11.1 Å². The van der Waals surface area contributed by atoms with E-state index in [0.29, 0.717) is 0 Å². The van der Waals surface area contributed by atoms with E-state index in [0.717, 1.165) is 0 Å². The smallest absolute Gasteiger partial charge is 0.405 e. The highest BCUT2D eigenvalue weighted by Crippen LogP contribution is 1.91. The van der Waals surface area contributed by atoms with Gasteiger partial charge in [0.05, 0.1) is 6.67 Å². The van der Waals surface area contributed by atoms with Gasteiger partial charge in [0.15, 0.2) is 0 Å². The number of hydrogen-bond donors (Lipinski definition) is 3. The zero-order valence-electron chi connectivity index (χ0n) is 5.71. The van der Waals surface area contributed by atoms with Crippen molar-refractivity contribution in [3.05, 3.63) is 0 Å². The van der Waals surface area contributed by atoms with E-state index in [1.807, 2.05) is 0 Å². The molecule has 0 aromatic rings. The van der Waals surface area contributed by atoms with E-state index in [4.69, 9.17) is 10.8 Å². The number of rotatable bonds is 4. The molecule has 0 unspecified atom stereocenters. The molecule has 4 N–H and O–H groups in total. The van der Waals surface area contributed by atoms with Crippen LogP contribution in [0.3, 0.4) is 0 Å². The fourth-order valence-electron chi connectivity index (χ4n) is 0.544. The normalized spacial score (nSPS) is 12.1. The highest BCUT2D eigenvalue weighted by molar-refractivity contribution is 5.83. The second-order valence-electron chi connectivity index (χ2n) is 1.88. The van der Waals surface area contributed by atoms with Gasteiger partial charge in [0.1, 0.15) is 6.04 Å². The van der Waals surface area contributed by atoms with Crippen molar-refractivity contribution >= 4 is 12.0 Å². The Balaban J connectivity index is 3.89. The molecule has 2 amide bonds. The number of halogens is 1. The molecule has 0 saturated carbocycles. The maximum Gasteiger partial charge on any atom is 0.405 e. The summed E-state index contributed by atoms with van der Waals surface area (Å²) >= 11 is 0. The molecule has 0 rings (SSSR count). The highest BCUT2D eigenvalue weighted by Gasteiger charge is 2.16. The largest absolute Gasteiger partial charge is 0.465 e. The maximum absolute atomic E-state index is 11.6. The maximum atomic E-state index is 11.6. The molecule has 5 nitrogen and oxygen atoms in total. The lowest BCUT2D eigenvalue weighted by Crippen LogP contribution is -2.44. The number of carboxylic acid groups (broad SMARTS) is 1. The third-order valence-electron chi connectivity index (χ3n) is 1.04. The quantitative estimate of drug-likeness (QED) is 0.521. The van der Waals surface area contributed by atoms with Crippen molar-refractivity contribution in [1.82, 2.24) is 5.32 Å². The topological polar surface area (TPSA) is 92.4 Å². The number of amides is 2. The lowest BCUT2D eigenvalue weighted by Gasteiger charge is -2.09. The predicted octanol–water partition coefficient (Wildman–Crippen LogP) is -0.532. The third-order valence-corrected chi connectivity index (χ3v) is 1.04. The average Bonchev–Trinajstić information content (AvgIpc) is 1.86. The summed E-state index contributed by atoms with van der Waals surface area (Å²) in [6.45, 7) is -0.784. The van der Waals surface area contributed by atoms with Gasteiger partial charge in [-0.15, -0.1) is 0 Å². The summed E-state index contributed by atoms with van der Waals surface area (Å²) in [7, 11) is 0. The Morgan fingerprint density at radius 2 is 2.18 bits per heavy atom. The fraction of sp³-hybridized carbons (Fsp3) is 0.600. The molecule has 0 aliphatic heterocycles. The van der Waals surface area contributed by atoms with Crippen molar-refractivity contribution in [3.8, 4) is 0 Å². The van der Waals surface area contributed by atoms with Crippen molar-refractivity contribution in [1.29, 1.82) is 0 Å². The summed E-state index contributed by atoms with van der Waals surface area (Å²) < 4.78 is 11.6. The van der Waals surface area contributed by atoms with E-state index >= 15 is 0 Å². The second-order valence-corrected chi connectivity index (χ2v) is 1.88. The summed E-state index contributed by atoms with van der Waals surface area (Å²) in [5.41, 5.74) is 4.74.